The van der Waals surface area contributed by atoms with Crippen LogP contribution in [-0.2, 0) is 4.74 Å². The van der Waals surface area contributed by atoms with E-state index in [9.17, 15) is 4.79 Å². The monoisotopic (exact) mass is 199 g/mol. The quantitative estimate of drug-likeness (QED) is 0.740. The third-order valence-electron chi connectivity index (χ3n) is 1.68. The van der Waals surface area contributed by atoms with E-state index < -0.39 is 5.97 Å². The predicted octanol–water partition coefficient (Wildman–Crippen LogP) is 1.21. The number of carbonyl (C=O) groups is 1. The van der Waals surface area contributed by atoms with Crippen molar-refractivity contribution in [1.29, 1.82) is 0 Å². The van der Waals surface area contributed by atoms with E-state index >= 15 is 0 Å². The first-order chi connectivity index (χ1) is 6.72. The van der Waals surface area contributed by atoms with Crippen LogP contribution in [-0.4, -0.2) is 31.8 Å². The molecule has 14 heavy (non-hydrogen) atoms. The molecule has 0 aliphatic rings. The highest BCUT2D eigenvalue weighted by Crippen LogP contribution is 2.24. The molecule has 1 N–H and O–H groups in total. The summed E-state index contributed by atoms with van der Waals surface area (Å²) in [6.45, 7) is 2.06. The molecular weight excluding hydrogens is 186 g/mol. The summed E-state index contributed by atoms with van der Waals surface area (Å²) in [5.74, 6) is 0.429. The van der Waals surface area contributed by atoms with Crippen molar-refractivity contribution in [1.82, 2.24) is 4.98 Å². The molecule has 0 aliphatic carbocycles. The molecule has 1 heterocycles. The van der Waals surface area contributed by atoms with Gasteiger partial charge in [0.25, 0.3) is 0 Å². The van der Waals surface area contributed by atoms with E-state index in [-0.39, 0.29) is 5.69 Å². The number of aromatic nitrogens is 1. The molecule has 1 aromatic heterocycles. The van der Waals surface area contributed by atoms with Crippen molar-refractivity contribution in [2.75, 3.05) is 20.8 Å². The van der Waals surface area contributed by atoms with E-state index in [2.05, 4.69) is 4.98 Å². The number of hydrogen-bond acceptors (Lipinski definition) is 4. The summed E-state index contributed by atoms with van der Waals surface area (Å²) in [7, 11) is 2.98. The first kappa shape index (κ1) is 10.4. The van der Waals surface area contributed by atoms with Gasteiger partial charge >= 0.3 is 5.97 Å². The third-order valence-corrected chi connectivity index (χ3v) is 1.68. The van der Waals surface area contributed by atoms with Crippen LogP contribution in [0.25, 0.3) is 0 Å². The summed E-state index contributed by atoms with van der Waals surface area (Å²) in [6.07, 6.45) is 0. The molecule has 0 fully saturated rings. The minimum atomic E-state index is -0.451. The Bertz CT molecular complexity index is 319. The first-order valence-electron chi connectivity index (χ1n) is 4.21. The van der Waals surface area contributed by atoms with Crippen LogP contribution in [0, 0.1) is 0 Å². The highest BCUT2D eigenvalue weighted by molar-refractivity contribution is 5.91. The highest BCUT2D eigenvalue weighted by atomic mass is 16.5. The first-order valence-corrected chi connectivity index (χ1v) is 4.21. The van der Waals surface area contributed by atoms with Gasteiger partial charge in [-0.15, -0.1) is 0 Å². The van der Waals surface area contributed by atoms with Gasteiger partial charge in [0.2, 0.25) is 0 Å². The van der Waals surface area contributed by atoms with Gasteiger partial charge in [0.1, 0.15) is 0 Å². The SMILES string of the molecule is CCOC(=O)c1[nH]c(OC)cc1OC. The zero-order valence-electron chi connectivity index (χ0n) is 8.42. The predicted molar refractivity (Wildman–Crippen MR) is 49.9 cm³/mol. The average molecular weight is 199 g/mol. The Morgan fingerprint density at radius 1 is 1.43 bits per heavy atom. The number of aromatic amines is 1. The average Bonchev–Trinajstić information content (AvgIpc) is 2.61. The largest absolute Gasteiger partial charge is 0.494 e. The molecule has 0 spiro atoms. The molecule has 0 saturated carbocycles. The lowest BCUT2D eigenvalue weighted by atomic mass is 10.4. The fraction of sp³-hybridized carbons (Fsp3) is 0.444. The fourth-order valence-electron chi connectivity index (χ4n) is 1.04. The molecule has 5 heteroatoms. The maximum atomic E-state index is 11.4. The summed E-state index contributed by atoms with van der Waals surface area (Å²) < 4.78 is 14.7. The molecule has 0 saturated heterocycles. The molecule has 1 aromatic rings. The Balaban J connectivity index is 2.93. The Labute approximate surface area is 82.0 Å². The number of esters is 1. The van der Waals surface area contributed by atoms with E-state index in [1.165, 1.54) is 14.2 Å². The van der Waals surface area contributed by atoms with Gasteiger partial charge in [-0.05, 0) is 6.92 Å². The van der Waals surface area contributed by atoms with Gasteiger partial charge in [-0.2, -0.15) is 0 Å². The van der Waals surface area contributed by atoms with Crippen LogP contribution in [0.15, 0.2) is 6.07 Å². The summed E-state index contributed by atoms with van der Waals surface area (Å²) >= 11 is 0. The summed E-state index contributed by atoms with van der Waals surface area (Å²) in [5.41, 5.74) is 0.270. The minimum absolute atomic E-state index is 0.270. The Morgan fingerprint density at radius 3 is 2.64 bits per heavy atom. The maximum absolute atomic E-state index is 11.4. The third kappa shape index (κ3) is 1.99. The smallest absolute Gasteiger partial charge is 0.358 e. The lowest BCUT2D eigenvalue weighted by molar-refractivity contribution is 0.0516. The van der Waals surface area contributed by atoms with E-state index in [4.69, 9.17) is 14.2 Å². The number of rotatable bonds is 4. The van der Waals surface area contributed by atoms with Gasteiger partial charge in [0, 0.05) is 6.07 Å². The lowest BCUT2D eigenvalue weighted by Gasteiger charge is -2.01. The zero-order chi connectivity index (χ0) is 10.6. The summed E-state index contributed by atoms with van der Waals surface area (Å²) in [4.78, 5) is 14.1. The zero-order valence-corrected chi connectivity index (χ0v) is 8.42. The minimum Gasteiger partial charge on any atom is -0.494 e. The highest BCUT2D eigenvalue weighted by Gasteiger charge is 2.17. The van der Waals surface area contributed by atoms with Crippen LogP contribution in [0.2, 0.25) is 0 Å². The number of ether oxygens (including phenoxy) is 3. The van der Waals surface area contributed by atoms with Crippen LogP contribution < -0.4 is 9.47 Å². The second kappa shape index (κ2) is 4.55. The van der Waals surface area contributed by atoms with Crippen molar-refractivity contribution in [3.8, 4) is 11.6 Å². The number of carbonyl (C=O) groups excluding carboxylic acids is 1. The molecule has 0 aliphatic heterocycles. The normalized spacial score (nSPS) is 9.64. The van der Waals surface area contributed by atoms with Gasteiger partial charge in [-0.25, -0.2) is 4.79 Å². The van der Waals surface area contributed by atoms with E-state index in [1.807, 2.05) is 0 Å². The van der Waals surface area contributed by atoms with E-state index in [0.717, 1.165) is 0 Å². The topological polar surface area (TPSA) is 60.6 Å². The van der Waals surface area contributed by atoms with Gasteiger partial charge in [0.05, 0.1) is 20.8 Å². The molecule has 0 atom stereocenters. The molecule has 5 nitrogen and oxygen atoms in total. The standard InChI is InChI=1S/C9H13NO4/c1-4-14-9(11)8-6(12-2)5-7(10-8)13-3/h5,10H,4H2,1-3H3. The number of nitrogens with one attached hydrogen (secondary N) is 1. The molecule has 0 bridgehead atoms. The Kier molecular flexibility index (Phi) is 3.39. The second-order valence-electron chi connectivity index (χ2n) is 2.50. The molecule has 1 rings (SSSR count). The molecule has 0 unspecified atom stereocenters. The number of hydrogen-bond donors (Lipinski definition) is 1. The van der Waals surface area contributed by atoms with Crippen molar-refractivity contribution in [3.05, 3.63) is 11.8 Å². The van der Waals surface area contributed by atoms with Gasteiger partial charge in [-0.3, -0.25) is 0 Å². The number of methoxy groups -OCH3 is 2. The van der Waals surface area contributed by atoms with Crippen LogP contribution in [0.1, 0.15) is 17.4 Å². The second-order valence-corrected chi connectivity index (χ2v) is 2.50. The Morgan fingerprint density at radius 2 is 2.14 bits per heavy atom. The van der Waals surface area contributed by atoms with Gasteiger partial charge in [0.15, 0.2) is 17.3 Å². The fourth-order valence-corrected chi connectivity index (χ4v) is 1.04. The Hall–Kier alpha value is -1.65. The van der Waals surface area contributed by atoms with Gasteiger partial charge < -0.3 is 19.2 Å². The van der Waals surface area contributed by atoms with Crippen molar-refractivity contribution >= 4 is 5.97 Å². The summed E-state index contributed by atoms with van der Waals surface area (Å²) in [5, 5.41) is 0. The van der Waals surface area contributed by atoms with E-state index in [0.29, 0.717) is 18.2 Å². The van der Waals surface area contributed by atoms with Crippen molar-refractivity contribution < 1.29 is 19.0 Å². The molecule has 0 radical (unpaired) electrons. The molecule has 0 aromatic carbocycles. The molecule has 78 valence electrons. The summed E-state index contributed by atoms with van der Waals surface area (Å²) in [6, 6.07) is 1.59. The van der Waals surface area contributed by atoms with Crippen molar-refractivity contribution in [2.45, 2.75) is 6.92 Å². The molecule has 0 amide bonds. The number of H-pyrrole nitrogens is 1. The van der Waals surface area contributed by atoms with E-state index in [1.54, 1.807) is 13.0 Å². The van der Waals surface area contributed by atoms with Crippen LogP contribution in [0.4, 0.5) is 0 Å². The van der Waals surface area contributed by atoms with Gasteiger partial charge in [-0.1, -0.05) is 0 Å². The van der Waals surface area contributed by atoms with Crippen molar-refractivity contribution in [3.63, 3.8) is 0 Å². The van der Waals surface area contributed by atoms with Crippen LogP contribution in [0.3, 0.4) is 0 Å². The van der Waals surface area contributed by atoms with Crippen LogP contribution >= 0.6 is 0 Å². The maximum Gasteiger partial charge on any atom is 0.358 e. The lowest BCUT2D eigenvalue weighted by Crippen LogP contribution is -2.06. The van der Waals surface area contributed by atoms with Crippen molar-refractivity contribution in [2.24, 2.45) is 0 Å². The van der Waals surface area contributed by atoms with Crippen LogP contribution in [0.5, 0.6) is 11.6 Å². The molecular formula is C9H13NO4.